The Balaban J connectivity index is 1.79. The first-order valence-corrected chi connectivity index (χ1v) is 9.77. The number of likely N-dealkylation sites (tertiary alicyclic amines) is 1. The van der Waals surface area contributed by atoms with Gasteiger partial charge >= 0.3 is 0 Å². The molecule has 1 amide bonds. The molecule has 0 bridgehead atoms. The zero-order valence-electron chi connectivity index (χ0n) is 13.9. The van der Waals surface area contributed by atoms with Gasteiger partial charge in [-0.3, -0.25) is 4.79 Å². The number of carbonyl (C=O) groups excluding carboxylic acids is 1. The van der Waals surface area contributed by atoms with Crippen LogP contribution in [-0.4, -0.2) is 75.1 Å². The minimum absolute atomic E-state index is 0.0129. The van der Waals surface area contributed by atoms with Gasteiger partial charge < -0.3 is 14.7 Å². The van der Waals surface area contributed by atoms with Crippen molar-refractivity contribution >= 4 is 27.5 Å². The number of hydrogen-bond acceptors (Lipinski definition) is 5. The van der Waals surface area contributed by atoms with E-state index >= 15 is 0 Å². The molecule has 2 saturated heterocycles. The highest BCUT2D eigenvalue weighted by Gasteiger charge is 2.55. The lowest BCUT2D eigenvalue weighted by Gasteiger charge is -2.27. The molecule has 2 unspecified atom stereocenters. The van der Waals surface area contributed by atoms with E-state index in [1.165, 1.54) is 35.7 Å². The molecule has 0 aromatic heterocycles. The molecule has 0 aliphatic carbocycles. The number of nitrogens with zero attached hydrogens (tertiary/aromatic N) is 2. The van der Waals surface area contributed by atoms with E-state index in [9.17, 15) is 18.3 Å². The number of sulfonamides is 1. The van der Waals surface area contributed by atoms with Gasteiger partial charge in [0.2, 0.25) is 15.9 Å². The third-order valence-electron chi connectivity index (χ3n) is 5.11. The van der Waals surface area contributed by atoms with Crippen LogP contribution in [0.15, 0.2) is 29.2 Å². The Bertz CT molecular complexity index is 754. The van der Waals surface area contributed by atoms with Crippen LogP contribution in [-0.2, 0) is 19.6 Å². The molecule has 7 nitrogen and oxygen atoms in total. The summed E-state index contributed by atoms with van der Waals surface area (Å²) in [6.45, 7) is 1.05. The van der Waals surface area contributed by atoms with Crippen LogP contribution in [0.4, 0.5) is 0 Å². The molecule has 0 spiro atoms. The van der Waals surface area contributed by atoms with Crippen LogP contribution >= 0.6 is 11.6 Å². The largest absolute Gasteiger partial charge is 0.396 e. The Morgan fingerprint density at radius 2 is 2.00 bits per heavy atom. The average molecular weight is 389 g/mol. The predicted octanol–water partition coefficient (Wildman–Crippen LogP) is 0.428. The van der Waals surface area contributed by atoms with Gasteiger partial charge in [0.15, 0.2) is 0 Å². The SMILES string of the molecule is COCC(=O)N1CC2CN(S(=O)(=O)c3ccc(Cl)cc3)CC2(CO)C1. The fraction of sp³-hybridized carbons (Fsp3) is 0.562. The van der Waals surface area contributed by atoms with E-state index in [4.69, 9.17) is 16.3 Å². The first kappa shape index (κ1) is 18.6. The van der Waals surface area contributed by atoms with E-state index in [0.29, 0.717) is 18.1 Å². The molecule has 2 atom stereocenters. The highest BCUT2D eigenvalue weighted by Crippen LogP contribution is 2.44. The number of methoxy groups -OCH3 is 1. The molecule has 3 rings (SSSR count). The van der Waals surface area contributed by atoms with Gasteiger partial charge in [0.05, 0.1) is 11.5 Å². The van der Waals surface area contributed by atoms with Crippen LogP contribution in [0.5, 0.6) is 0 Å². The lowest BCUT2D eigenvalue weighted by molar-refractivity contribution is -0.134. The number of halogens is 1. The van der Waals surface area contributed by atoms with Gasteiger partial charge in [-0.15, -0.1) is 0 Å². The standard InChI is InChI=1S/C16H21ClN2O5S/c1-24-8-15(21)18-6-12-7-19(10-16(12,9-18)11-20)25(22,23)14-4-2-13(17)3-5-14/h2-5,12,20H,6-11H2,1H3. The van der Waals surface area contributed by atoms with E-state index in [2.05, 4.69) is 0 Å². The van der Waals surface area contributed by atoms with E-state index in [1.54, 1.807) is 4.90 Å². The summed E-state index contributed by atoms with van der Waals surface area (Å²) < 4.78 is 32.0. The van der Waals surface area contributed by atoms with E-state index in [-0.39, 0.29) is 43.0 Å². The van der Waals surface area contributed by atoms with Crippen molar-refractivity contribution in [1.82, 2.24) is 9.21 Å². The van der Waals surface area contributed by atoms with Crippen molar-refractivity contribution in [1.29, 1.82) is 0 Å². The van der Waals surface area contributed by atoms with Crippen molar-refractivity contribution in [2.75, 3.05) is 46.5 Å². The number of hydrogen-bond donors (Lipinski definition) is 1. The Labute approximate surface area is 152 Å². The number of carbonyl (C=O) groups is 1. The molecule has 138 valence electrons. The van der Waals surface area contributed by atoms with Crippen LogP contribution < -0.4 is 0 Å². The van der Waals surface area contributed by atoms with E-state index in [0.717, 1.165) is 0 Å². The number of benzene rings is 1. The van der Waals surface area contributed by atoms with Gasteiger partial charge in [0.1, 0.15) is 6.61 Å². The fourth-order valence-corrected chi connectivity index (χ4v) is 5.41. The zero-order chi connectivity index (χ0) is 18.2. The summed E-state index contributed by atoms with van der Waals surface area (Å²) in [5.41, 5.74) is -0.622. The normalized spacial score (nSPS) is 26.8. The average Bonchev–Trinajstić information content (AvgIpc) is 3.10. The molecule has 2 aliphatic rings. The maximum atomic E-state index is 12.9. The van der Waals surface area contributed by atoms with Crippen LogP contribution in [0.3, 0.4) is 0 Å². The number of ether oxygens (including phenoxy) is 1. The minimum atomic E-state index is -3.66. The van der Waals surface area contributed by atoms with Gasteiger partial charge in [-0.05, 0) is 24.3 Å². The summed E-state index contributed by atoms with van der Waals surface area (Å²) in [7, 11) is -2.20. The lowest BCUT2D eigenvalue weighted by atomic mass is 9.82. The second kappa shape index (κ2) is 6.85. The number of fused-ring (bicyclic) bond motifs is 1. The minimum Gasteiger partial charge on any atom is -0.396 e. The monoisotopic (exact) mass is 388 g/mol. The third-order valence-corrected chi connectivity index (χ3v) is 7.19. The smallest absolute Gasteiger partial charge is 0.248 e. The second-order valence-corrected chi connectivity index (χ2v) is 9.05. The summed E-state index contributed by atoms with van der Waals surface area (Å²) in [5, 5.41) is 10.4. The van der Waals surface area contributed by atoms with Gasteiger partial charge in [-0.25, -0.2) is 8.42 Å². The number of aliphatic hydroxyl groups excluding tert-OH is 1. The number of rotatable bonds is 5. The van der Waals surface area contributed by atoms with Crippen molar-refractivity contribution in [2.45, 2.75) is 4.90 Å². The highest BCUT2D eigenvalue weighted by atomic mass is 35.5. The molecule has 1 aromatic rings. The lowest BCUT2D eigenvalue weighted by Crippen LogP contribution is -2.41. The first-order chi connectivity index (χ1) is 11.8. The van der Waals surface area contributed by atoms with Crippen molar-refractivity contribution in [3.8, 4) is 0 Å². The van der Waals surface area contributed by atoms with Crippen molar-refractivity contribution in [3.05, 3.63) is 29.3 Å². The molecule has 1 aromatic carbocycles. The second-order valence-electron chi connectivity index (χ2n) is 6.68. The predicted molar refractivity (Wildman–Crippen MR) is 91.7 cm³/mol. The molecule has 0 radical (unpaired) electrons. The van der Waals surface area contributed by atoms with Gasteiger partial charge in [0.25, 0.3) is 0 Å². The maximum absolute atomic E-state index is 12.9. The molecule has 25 heavy (non-hydrogen) atoms. The number of aliphatic hydroxyl groups is 1. The topological polar surface area (TPSA) is 87.2 Å². The Kier molecular flexibility index (Phi) is 5.09. The van der Waals surface area contributed by atoms with Crippen molar-refractivity contribution in [3.63, 3.8) is 0 Å². The Hall–Kier alpha value is -1.19. The van der Waals surface area contributed by atoms with Crippen LogP contribution in [0.2, 0.25) is 5.02 Å². The summed E-state index contributed by atoms with van der Waals surface area (Å²) >= 11 is 5.83. The molecular weight excluding hydrogens is 368 g/mol. The molecule has 2 aliphatic heterocycles. The number of amides is 1. The van der Waals surface area contributed by atoms with E-state index in [1.807, 2.05) is 0 Å². The first-order valence-electron chi connectivity index (χ1n) is 7.96. The van der Waals surface area contributed by atoms with Gasteiger partial charge in [-0.2, -0.15) is 4.31 Å². The molecule has 0 saturated carbocycles. The van der Waals surface area contributed by atoms with Crippen LogP contribution in [0, 0.1) is 11.3 Å². The van der Waals surface area contributed by atoms with Crippen molar-refractivity contribution < 1.29 is 23.1 Å². The summed E-state index contributed by atoms with van der Waals surface area (Å²) in [4.78, 5) is 13.9. The summed E-state index contributed by atoms with van der Waals surface area (Å²) in [5.74, 6) is -0.239. The zero-order valence-corrected chi connectivity index (χ0v) is 15.5. The maximum Gasteiger partial charge on any atom is 0.248 e. The van der Waals surface area contributed by atoms with Gasteiger partial charge in [-0.1, -0.05) is 11.6 Å². The molecule has 2 heterocycles. The summed E-state index contributed by atoms with van der Waals surface area (Å²) in [6, 6.07) is 6.04. The van der Waals surface area contributed by atoms with Crippen molar-refractivity contribution in [2.24, 2.45) is 11.3 Å². The van der Waals surface area contributed by atoms with Crippen LogP contribution in [0.25, 0.3) is 0 Å². The molecule has 9 heteroatoms. The summed E-state index contributed by atoms with van der Waals surface area (Å²) in [6.07, 6.45) is 0. The molecule has 1 N–H and O–H groups in total. The Morgan fingerprint density at radius 1 is 1.32 bits per heavy atom. The van der Waals surface area contributed by atoms with Crippen LogP contribution in [0.1, 0.15) is 0 Å². The third kappa shape index (κ3) is 3.29. The Morgan fingerprint density at radius 3 is 2.56 bits per heavy atom. The molecule has 2 fully saturated rings. The fourth-order valence-electron chi connectivity index (χ4n) is 3.70. The quantitative estimate of drug-likeness (QED) is 0.790. The molecular formula is C16H21ClN2O5S. The van der Waals surface area contributed by atoms with E-state index < -0.39 is 15.4 Å². The highest BCUT2D eigenvalue weighted by molar-refractivity contribution is 7.89. The van der Waals surface area contributed by atoms with Gasteiger partial charge in [0, 0.05) is 49.6 Å².